The summed E-state index contributed by atoms with van der Waals surface area (Å²) < 4.78 is 26.4. The quantitative estimate of drug-likeness (QED) is 0.777. The van der Waals surface area contributed by atoms with Gasteiger partial charge in [-0.15, -0.1) is 0 Å². The third kappa shape index (κ3) is 3.05. The van der Waals surface area contributed by atoms with Gasteiger partial charge in [-0.3, -0.25) is 4.79 Å². The fourth-order valence-corrected chi connectivity index (χ4v) is 5.93. The third-order valence-electron chi connectivity index (χ3n) is 5.10. The van der Waals surface area contributed by atoms with Crippen LogP contribution in [0.2, 0.25) is 0 Å². The van der Waals surface area contributed by atoms with Crippen LogP contribution in [0.3, 0.4) is 0 Å². The maximum absolute atomic E-state index is 13.2. The van der Waals surface area contributed by atoms with Gasteiger partial charge in [-0.1, -0.05) is 43.4 Å². The molecule has 2 aliphatic rings. The molecule has 0 spiro atoms. The Morgan fingerprint density at radius 3 is 2.61 bits per heavy atom. The summed E-state index contributed by atoms with van der Waals surface area (Å²) in [4.78, 5) is 12.3. The molecule has 4 heteroatoms. The Kier molecular flexibility index (Phi) is 4.28. The Hall–Kier alpha value is -1.68. The fraction of sp³-hybridized carbons (Fsp3) is 0.421. The van der Waals surface area contributed by atoms with Gasteiger partial charge in [-0.05, 0) is 43.4 Å². The van der Waals surface area contributed by atoms with Crippen LogP contribution in [0.25, 0.3) is 0 Å². The Morgan fingerprint density at radius 2 is 1.87 bits per heavy atom. The molecule has 0 saturated heterocycles. The van der Waals surface area contributed by atoms with Gasteiger partial charge in [0.25, 0.3) is 0 Å². The molecule has 0 bridgehead atoms. The number of ketones is 1. The average Bonchev–Trinajstić information content (AvgIpc) is 2.53. The van der Waals surface area contributed by atoms with Gasteiger partial charge in [0.1, 0.15) is 0 Å². The number of rotatable bonds is 2. The van der Waals surface area contributed by atoms with E-state index in [4.69, 9.17) is 0 Å². The lowest BCUT2D eigenvalue weighted by Crippen LogP contribution is -2.42. The molecular weight excluding hydrogens is 308 g/mol. The van der Waals surface area contributed by atoms with E-state index in [0.717, 1.165) is 12.8 Å². The molecule has 1 aromatic carbocycles. The van der Waals surface area contributed by atoms with Crippen LogP contribution in [0, 0.1) is 11.3 Å². The van der Waals surface area contributed by atoms with Crippen molar-refractivity contribution in [2.75, 3.05) is 0 Å². The molecule has 0 unspecified atom stereocenters. The molecule has 0 radical (unpaired) electrons. The minimum Gasteiger partial charge on any atom is -0.295 e. The standard InChI is InChI=1S/C19H22O3S/c1-19-12-7-3-6-10-18(17(19)14-15(20)11-13-19)23(21,22)16-8-4-2-5-9-16/h2,4-5,7-9,11-13,17-18H,3,6,10,14H2,1H3/b12-7-/t17-,18-,19-/m1/s1. The molecule has 0 saturated carbocycles. The summed E-state index contributed by atoms with van der Waals surface area (Å²) in [7, 11) is -3.45. The number of fused-ring (bicyclic) bond motifs is 1. The lowest BCUT2D eigenvalue weighted by molar-refractivity contribution is -0.116. The van der Waals surface area contributed by atoms with E-state index in [1.54, 1.807) is 30.3 Å². The van der Waals surface area contributed by atoms with E-state index >= 15 is 0 Å². The first-order valence-corrected chi connectivity index (χ1v) is 9.67. The number of allylic oxidation sites excluding steroid dienone is 4. The first-order valence-electron chi connectivity index (χ1n) is 8.12. The van der Waals surface area contributed by atoms with Gasteiger partial charge in [0.15, 0.2) is 15.6 Å². The topological polar surface area (TPSA) is 51.2 Å². The number of hydrogen-bond acceptors (Lipinski definition) is 3. The number of carbonyl (C=O) groups excluding carboxylic acids is 1. The highest BCUT2D eigenvalue weighted by Crippen LogP contribution is 2.45. The van der Waals surface area contributed by atoms with Gasteiger partial charge < -0.3 is 0 Å². The van der Waals surface area contributed by atoms with Crippen molar-refractivity contribution in [1.82, 2.24) is 0 Å². The van der Waals surface area contributed by atoms with E-state index in [-0.39, 0.29) is 17.1 Å². The molecule has 122 valence electrons. The monoisotopic (exact) mass is 330 g/mol. The molecule has 0 heterocycles. The Morgan fingerprint density at radius 1 is 1.13 bits per heavy atom. The SMILES string of the molecule is C[C@@]12C=CC(=O)C[C@@H]1[C@H](S(=O)(=O)c1ccccc1)CCC/C=C\2. The minimum atomic E-state index is -3.45. The second-order valence-corrected chi connectivity index (χ2v) is 8.87. The first kappa shape index (κ1) is 16.2. The maximum atomic E-state index is 13.2. The average molecular weight is 330 g/mol. The second-order valence-electron chi connectivity index (χ2n) is 6.71. The zero-order chi connectivity index (χ0) is 16.5. The van der Waals surface area contributed by atoms with E-state index in [2.05, 4.69) is 12.2 Å². The molecule has 3 nitrogen and oxygen atoms in total. The zero-order valence-corrected chi connectivity index (χ0v) is 14.1. The maximum Gasteiger partial charge on any atom is 0.181 e. The van der Waals surface area contributed by atoms with Crippen LogP contribution in [0.15, 0.2) is 59.5 Å². The Bertz CT molecular complexity index is 746. The van der Waals surface area contributed by atoms with Crippen molar-refractivity contribution in [2.24, 2.45) is 11.3 Å². The zero-order valence-electron chi connectivity index (χ0n) is 13.3. The van der Waals surface area contributed by atoms with Crippen LogP contribution < -0.4 is 0 Å². The van der Waals surface area contributed by atoms with Gasteiger partial charge in [-0.2, -0.15) is 0 Å². The van der Waals surface area contributed by atoms with Crippen LogP contribution in [0.5, 0.6) is 0 Å². The van der Waals surface area contributed by atoms with Gasteiger partial charge in [0, 0.05) is 11.8 Å². The normalized spacial score (nSPS) is 32.7. The van der Waals surface area contributed by atoms with Crippen molar-refractivity contribution in [1.29, 1.82) is 0 Å². The molecule has 23 heavy (non-hydrogen) atoms. The van der Waals surface area contributed by atoms with E-state index in [1.165, 1.54) is 0 Å². The molecule has 2 aliphatic carbocycles. The number of hydrogen-bond donors (Lipinski definition) is 0. The molecule has 0 amide bonds. The first-order chi connectivity index (χ1) is 10.9. The summed E-state index contributed by atoms with van der Waals surface area (Å²) in [6.07, 6.45) is 10.3. The summed E-state index contributed by atoms with van der Waals surface area (Å²) in [5.74, 6) is -0.184. The van der Waals surface area contributed by atoms with Crippen LogP contribution >= 0.6 is 0 Å². The molecule has 0 N–H and O–H groups in total. The van der Waals surface area contributed by atoms with Crippen molar-refractivity contribution in [3.05, 3.63) is 54.6 Å². The predicted octanol–water partition coefficient (Wildman–Crippen LogP) is 3.72. The van der Waals surface area contributed by atoms with Gasteiger partial charge in [-0.25, -0.2) is 8.42 Å². The van der Waals surface area contributed by atoms with E-state index < -0.39 is 15.1 Å². The van der Waals surface area contributed by atoms with E-state index in [9.17, 15) is 13.2 Å². The van der Waals surface area contributed by atoms with Crippen molar-refractivity contribution in [3.8, 4) is 0 Å². The summed E-state index contributed by atoms with van der Waals surface area (Å²) >= 11 is 0. The lowest BCUT2D eigenvalue weighted by Gasteiger charge is -2.41. The smallest absolute Gasteiger partial charge is 0.181 e. The molecule has 0 aliphatic heterocycles. The van der Waals surface area contributed by atoms with E-state index in [1.807, 2.05) is 19.1 Å². The summed E-state index contributed by atoms with van der Waals surface area (Å²) in [6, 6.07) is 8.63. The molecule has 1 aromatic rings. The fourth-order valence-electron chi connectivity index (χ4n) is 3.74. The molecule has 3 rings (SSSR count). The van der Waals surface area contributed by atoms with Gasteiger partial charge in [0.2, 0.25) is 0 Å². The molecule has 0 fully saturated rings. The minimum absolute atomic E-state index is 0.0229. The summed E-state index contributed by atoms with van der Waals surface area (Å²) in [5.41, 5.74) is -0.374. The van der Waals surface area contributed by atoms with Crippen LogP contribution in [-0.4, -0.2) is 19.5 Å². The molecule has 3 atom stereocenters. The van der Waals surface area contributed by atoms with Crippen molar-refractivity contribution in [3.63, 3.8) is 0 Å². The van der Waals surface area contributed by atoms with Crippen molar-refractivity contribution < 1.29 is 13.2 Å². The highest BCUT2D eigenvalue weighted by molar-refractivity contribution is 7.92. The number of benzene rings is 1. The summed E-state index contributed by atoms with van der Waals surface area (Å²) in [5, 5.41) is -0.520. The molecular formula is C19H22O3S. The van der Waals surface area contributed by atoms with Crippen molar-refractivity contribution in [2.45, 2.75) is 42.8 Å². The largest absolute Gasteiger partial charge is 0.295 e. The number of carbonyl (C=O) groups is 1. The van der Waals surface area contributed by atoms with Gasteiger partial charge >= 0.3 is 0 Å². The second kappa shape index (κ2) is 6.08. The van der Waals surface area contributed by atoms with Crippen molar-refractivity contribution >= 4 is 15.6 Å². The molecule has 0 aromatic heterocycles. The Labute approximate surface area is 138 Å². The highest BCUT2D eigenvalue weighted by atomic mass is 32.2. The summed E-state index contributed by atoms with van der Waals surface area (Å²) in [6.45, 7) is 2.04. The van der Waals surface area contributed by atoms with Gasteiger partial charge in [0.05, 0.1) is 10.1 Å². The van der Waals surface area contributed by atoms with Crippen LogP contribution in [0.4, 0.5) is 0 Å². The Balaban J connectivity index is 2.08. The highest BCUT2D eigenvalue weighted by Gasteiger charge is 2.45. The van der Waals surface area contributed by atoms with Crippen LogP contribution in [0.1, 0.15) is 32.6 Å². The third-order valence-corrected chi connectivity index (χ3v) is 7.39. The number of sulfone groups is 1. The lowest BCUT2D eigenvalue weighted by atomic mass is 9.68. The predicted molar refractivity (Wildman–Crippen MR) is 90.8 cm³/mol. The van der Waals surface area contributed by atoms with Crippen LogP contribution in [-0.2, 0) is 14.6 Å². The van der Waals surface area contributed by atoms with E-state index in [0.29, 0.717) is 17.7 Å².